The molecule has 29 heavy (non-hydrogen) atoms. The van der Waals surface area contributed by atoms with Crippen molar-refractivity contribution < 1.29 is 9.53 Å². The Kier molecular flexibility index (Phi) is 5.12. The number of ether oxygens (including phenoxy) is 1. The van der Waals surface area contributed by atoms with Crippen molar-refractivity contribution in [3.8, 4) is 5.75 Å². The van der Waals surface area contributed by atoms with Crippen LogP contribution in [-0.2, 0) is 17.9 Å². The van der Waals surface area contributed by atoms with Gasteiger partial charge in [0, 0.05) is 36.0 Å². The van der Waals surface area contributed by atoms with E-state index in [0.29, 0.717) is 25.2 Å². The quantitative estimate of drug-likeness (QED) is 0.504. The van der Waals surface area contributed by atoms with Crippen LogP contribution >= 0.6 is 0 Å². The molecule has 2 aromatic carbocycles. The van der Waals surface area contributed by atoms with E-state index in [1.165, 1.54) is 0 Å². The van der Waals surface area contributed by atoms with E-state index in [0.717, 1.165) is 33.3 Å². The number of para-hydroxylation sites is 1. The van der Waals surface area contributed by atoms with E-state index in [1.807, 2.05) is 43.0 Å². The Morgan fingerprint density at radius 2 is 1.90 bits per heavy atom. The number of amides is 1. The number of hydrogen-bond donors (Lipinski definition) is 0. The Morgan fingerprint density at radius 1 is 1.10 bits per heavy atom. The van der Waals surface area contributed by atoms with E-state index >= 15 is 0 Å². The van der Waals surface area contributed by atoms with Crippen LogP contribution in [0, 0.1) is 6.92 Å². The van der Waals surface area contributed by atoms with Crippen molar-refractivity contribution in [2.24, 2.45) is 0 Å². The molecule has 0 aliphatic rings. The SMILES string of the molecule is CCC(=O)N(Cc1ccccc1OC)Cc1cc2ccc(C)cc2n2nnnc12. The van der Waals surface area contributed by atoms with Crippen LogP contribution in [0.5, 0.6) is 5.75 Å². The number of pyridine rings is 1. The molecule has 7 heteroatoms. The second-order valence-electron chi connectivity index (χ2n) is 7.06. The van der Waals surface area contributed by atoms with Gasteiger partial charge in [-0.05, 0) is 41.1 Å². The van der Waals surface area contributed by atoms with Crippen molar-refractivity contribution in [1.82, 2.24) is 24.9 Å². The van der Waals surface area contributed by atoms with Gasteiger partial charge in [-0.3, -0.25) is 4.79 Å². The van der Waals surface area contributed by atoms with Crippen molar-refractivity contribution in [3.63, 3.8) is 0 Å². The van der Waals surface area contributed by atoms with Gasteiger partial charge in [0.05, 0.1) is 12.6 Å². The summed E-state index contributed by atoms with van der Waals surface area (Å²) in [6, 6.07) is 16.0. The number of benzene rings is 2. The van der Waals surface area contributed by atoms with Gasteiger partial charge in [-0.2, -0.15) is 4.52 Å². The highest BCUT2D eigenvalue weighted by molar-refractivity contribution is 5.84. The lowest BCUT2D eigenvalue weighted by Gasteiger charge is -2.24. The smallest absolute Gasteiger partial charge is 0.222 e. The first-order chi connectivity index (χ1) is 14.1. The monoisotopic (exact) mass is 389 g/mol. The molecule has 0 saturated carbocycles. The second kappa shape index (κ2) is 7.87. The van der Waals surface area contributed by atoms with Crippen molar-refractivity contribution in [3.05, 3.63) is 65.2 Å². The summed E-state index contributed by atoms with van der Waals surface area (Å²) >= 11 is 0. The van der Waals surface area contributed by atoms with Gasteiger partial charge in [0.15, 0.2) is 5.65 Å². The number of aryl methyl sites for hydroxylation is 1. The highest BCUT2D eigenvalue weighted by atomic mass is 16.5. The number of rotatable bonds is 6. The number of methoxy groups -OCH3 is 1. The van der Waals surface area contributed by atoms with Crippen LogP contribution in [0.2, 0.25) is 0 Å². The van der Waals surface area contributed by atoms with Crippen molar-refractivity contribution in [2.45, 2.75) is 33.4 Å². The van der Waals surface area contributed by atoms with E-state index in [-0.39, 0.29) is 5.91 Å². The molecule has 0 atom stereocenters. The molecule has 7 nitrogen and oxygen atoms in total. The third kappa shape index (κ3) is 3.63. The number of nitrogens with zero attached hydrogens (tertiary/aromatic N) is 5. The lowest BCUT2D eigenvalue weighted by atomic mass is 10.1. The predicted octanol–water partition coefficient (Wildman–Crippen LogP) is 3.53. The van der Waals surface area contributed by atoms with Gasteiger partial charge < -0.3 is 9.64 Å². The normalized spacial score (nSPS) is 11.1. The summed E-state index contributed by atoms with van der Waals surface area (Å²) in [6.07, 6.45) is 0.420. The van der Waals surface area contributed by atoms with Crippen LogP contribution in [0.15, 0.2) is 48.5 Å². The van der Waals surface area contributed by atoms with E-state index in [1.54, 1.807) is 11.6 Å². The molecule has 0 aliphatic heterocycles. The highest BCUT2D eigenvalue weighted by Gasteiger charge is 2.18. The minimum atomic E-state index is 0.0607. The van der Waals surface area contributed by atoms with E-state index in [2.05, 4.69) is 39.8 Å². The summed E-state index contributed by atoms with van der Waals surface area (Å²) in [5.74, 6) is 0.829. The zero-order valence-corrected chi connectivity index (χ0v) is 16.8. The largest absolute Gasteiger partial charge is 0.496 e. The molecule has 1 amide bonds. The summed E-state index contributed by atoms with van der Waals surface area (Å²) in [5.41, 5.74) is 4.62. The number of tetrazole rings is 1. The number of fused-ring (bicyclic) bond motifs is 3. The van der Waals surface area contributed by atoms with Gasteiger partial charge in [-0.1, -0.05) is 37.3 Å². The maximum atomic E-state index is 12.7. The molecule has 0 radical (unpaired) electrons. The Morgan fingerprint density at radius 3 is 2.69 bits per heavy atom. The van der Waals surface area contributed by atoms with Gasteiger partial charge in [0.1, 0.15) is 5.75 Å². The molecule has 0 aliphatic carbocycles. The Hall–Kier alpha value is -3.48. The number of hydrogen-bond acceptors (Lipinski definition) is 5. The van der Waals surface area contributed by atoms with Crippen molar-refractivity contribution >= 4 is 22.5 Å². The highest BCUT2D eigenvalue weighted by Crippen LogP contribution is 2.24. The topological polar surface area (TPSA) is 72.6 Å². The summed E-state index contributed by atoms with van der Waals surface area (Å²) in [7, 11) is 1.64. The third-order valence-electron chi connectivity index (χ3n) is 5.07. The average molecular weight is 389 g/mol. The molecule has 2 heterocycles. The van der Waals surface area contributed by atoms with Crippen molar-refractivity contribution in [2.75, 3.05) is 7.11 Å². The Bertz CT molecular complexity index is 1180. The summed E-state index contributed by atoms with van der Waals surface area (Å²) in [5, 5.41) is 13.3. The van der Waals surface area contributed by atoms with Crippen LogP contribution in [-0.4, -0.2) is 38.0 Å². The van der Waals surface area contributed by atoms with E-state index in [4.69, 9.17) is 4.74 Å². The average Bonchev–Trinajstić information content (AvgIpc) is 3.24. The maximum absolute atomic E-state index is 12.7. The number of carbonyl (C=O) groups is 1. The van der Waals surface area contributed by atoms with Crippen LogP contribution in [0.1, 0.15) is 30.0 Å². The standard InChI is InChI=1S/C22H23N5O2/c1-4-21(28)26(13-17-7-5-6-8-20(17)29-3)14-18-12-16-10-9-15(2)11-19(16)27-22(18)23-24-25-27/h5-12H,4,13-14H2,1-3H3. The molecule has 148 valence electrons. The predicted molar refractivity (Wildman–Crippen MR) is 111 cm³/mol. The van der Waals surface area contributed by atoms with Crippen LogP contribution < -0.4 is 4.74 Å². The van der Waals surface area contributed by atoms with Gasteiger partial charge in [0.25, 0.3) is 0 Å². The molecule has 0 saturated heterocycles. The van der Waals surface area contributed by atoms with Gasteiger partial charge in [-0.15, -0.1) is 5.10 Å². The first-order valence-electron chi connectivity index (χ1n) is 9.60. The molecule has 0 N–H and O–H groups in total. The molecule has 4 rings (SSSR count). The molecule has 4 aromatic rings. The zero-order valence-electron chi connectivity index (χ0n) is 16.8. The fraction of sp³-hybridized carbons (Fsp3) is 0.273. The molecular weight excluding hydrogens is 366 g/mol. The molecule has 0 fully saturated rings. The summed E-state index contributed by atoms with van der Waals surface area (Å²) in [6.45, 7) is 4.78. The number of carbonyl (C=O) groups excluding carboxylic acids is 1. The molecule has 2 aromatic heterocycles. The molecular formula is C22H23N5O2. The maximum Gasteiger partial charge on any atom is 0.222 e. The number of aromatic nitrogens is 4. The minimum absolute atomic E-state index is 0.0607. The Labute approximate surface area is 168 Å². The summed E-state index contributed by atoms with van der Waals surface area (Å²) in [4.78, 5) is 14.6. The lowest BCUT2D eigenvalue weighted by molar-refractivity contribution is -0.132. The fourth-order valence-corrected chi connectivity index (χ4v) is 3.58. The first-order valence-corrected chi connectivity index (χ1v) is 9.60. The second-order valence-corrected chi connectivity index (χ2v) is 7.06. The zero-order chi connectivity index (χ0) is 20.4. The van der Waals surface area contributed by atoms with E-state index in [9.17, 15) is 4.79 Å². The minimum Gasteiger partial charge on any atom is -0.496 e. The molecule has 0 unspecified atom stereocenters. The molecule has 0 bridgehead atoms. The Balaban J connectivity index is 1.75. The lowest BCUT2D eigenvalue weighted by Crippen LogP contribution is -2.29. The molecule has 0 spiro atoms. The van der Waals surface area contributed by atoms with Gasteiger partial charge in [0.2, 0.25) is 5.91 Å². The van der Waals surface area contributed by atoms with Crippen LogP contribution in [0.4, 0.5) is 0 Å². The van der Waals surface area contributed by atoms with Gasteiger partial charge in [-0.25, -0.2) is 0 Å². The third-order valence-corrected chi connectivity index (χ3v) is 5.07. The van der Waals surface area contributed by atoms with Gasteiger partial charge >= 0.3 is 0 Å². The van der Waals surface area contributed by atoms with E-state index < -0.39 is 0 Å². The van der Waals surface area contributed by atoms with Crippen molar-refractivity contribution in [1.29, 1.82) is 0 Å². The van der Waals surface area contributed by atoms with Crippen LogP contribution in [0.3, 0.4) is 0 Å². The van der Waals surface area contributed by atoms with Crippen LogP contribution in [0.25, 0.3) is 16.6 Å². The first kappa shape index (κ1) is 18.9. The summed E-state index contributed by atoms with van der Waals surface area (Å²) < 4.78 is 7.21. The fourth-order valence-electron chi connectivity index (χ4n) is 3.58.